The van der Waals surface area contributed by atoms with Crippen LogP contribution in [-0.2, 0) is 16.9 Å². The van der Waals surface area contributed by atoms with E-state index in [0.717, 1.165) is 18.4 Å². The number of fused-ring (bicyclic) bond motifs is 1. The van der Waals surface area contributed by atoms with Gasteiger partial charge in [0.15, 0.2) is 9.84 Å². The Labute approximate surface area is 182 Å². The van der Waals surface area contributed by atoms with E-state index in [1.807, 2.05) is 6.07 Å². The minimum Gasteiger partial charge on any atom is -0.497 e. The van der Waals surface area contributed by atoms with Gasteiger partial charge in [0.05, 0.1) is 23.9 Å². The third kappa shape index (κ3) is 4.19. The van der Waals surface area contributed by atoms with Gasteiger partial charge in [0, 0.05) is 29.6 Å². The molecule has 1 aliphatic carbocycles. The molecule has 164 valence electrons. The molecule has 0 amide bonds. The maximum absolute atomic E-state index is 13.0. The fraction of sp³-hybridized carbons (Fsp3) is 0.375. The molecule has 6 nitrogen and oxygen atoms in total. The summed E-state index contributed by atoms with van der Waals surface area (Å²) in [5.74, 6) is 1.68. The van der Waals surface area contributed by atoms with Crippen molar-refractivity contribution in [3.63, 3.8) is 0 Å². The minimum absolute atomic E-state index is 0.127. The van der Waals surface area contributed by atoms with E-state index in [9.17, 15) is 13.2 Å². The Bertz CT molecular complexity index is 1300. The van der Waals surface area contributed by atoms with Crippen molar-refractivity contribution in [2.24, 2.45) is 13.0 Å². The molecule has 1 aromatic heterocycles. The summed E-state index contributed by atoms with van der Waals surface area (Å²) >= 11 is 0. The van der Waals surface area contributed by atoms with Crippen LogP contribution >= 0.6 is 0 Å². The van der Waals surface area contributed by atoms with Gasteiger partial charge in [-0.1, -0.05) is 0 Å². The topological polar surface area (TPSA) is 74.6 Å². The van der Waals surface area contributed by atoms with Crippen molar-refractivity contribution in [2.45, 2.75) is 36.8 Å². The number of sulfone groups is 1. The number of pyridine rings is 1. The van der Waals surface area contributed by atoms with E-state index in [-0.39, 0.29) is 10.5 Å². The number of methoxy groups -OCH3 is 1. The number of aryl methyl sites for hydroxylation is 1. The monoisotopic (exact) mass is 441 g/mol. The molecule has 0 atom stereocenters. The van der Waals surface area contributed by atoms with E-state index >= 15 is 0 Å². The summed E-state index contributed by atoms with van der Waals surface area (Å²) in [5.41, 5.74) is 1.30. The molecule has 31 heavy (non-hydrogen) atoms. The molecule has 3 aromatic rings. The fourth-order valence-electron chi connectivity index (χ4n) is 3.55. The Morgan fingerprint density at radius 3 is 2.45 bits per heavy atom. The first-order valence-electron chi connectivity index (χ1n) is 10.4. The maximum atomic E-state index is 13.0. The van der Waals surface area contributed by atoms with Crippen LogP contribution in [0.5, 0.6) is 11.5 Å². The van der Waals surface area contributed by atoms with Crippen molar-refractivity contribution in [3.05, 3.63) is 52.9 Å². The molecule has 4 rings (SSSR count). The first-order valence-corrected chi connectivity index (χ1v) is 11.9. The Balaban J connectivity index is 1.96. The van der Waals surface area contributed by atoms with Gasteiger partial charge in [-0.05, 0) is 74.6 Å². The standard InChI is InChI=1S/C24H27NO5S/c1-15(2)31(27,28)20-10-17(9-19(11-20)30-14-16-5-6-16)23-13-25(3)24(26)21-8-7-18(29-4)12-22(21)23/h7-13,15-16H,5-6,14H2,1-4H3. The van der Waals surface area contributed by atoms with Gasteiger partial charge in [-0.15, -0.1) is 0 Å². The molecule has 0 saturated heterocycles. The van der Waals surface area contributed by atoms with Crippen molar-refractivity contribution in [1.29, 1.82) is 0 Å². The largest absolute Gasteiger partial charge is 0.497 e. The average molecular weight is 442 g/mol. The van der Waals surface area contributed by atoms with Crippen LogP contribution in [0.25, 0.3) is 21.9 Å². The van der Waals surface area contributed by atoms with Crippen LogP contribution in [0.1, 0.15) is 26.7 Å². The van der Waals surface area contributed by atoms with E-state index < -0.39 is 15.1 Å². The highest BCUT2D eigenvalue weighted by molar-refractivity contribution is 7.92. The summed E-state index contributed by atoms with van der Waals surface area (Å²) in [4.78, 5) is 12.9. The van der Waals surface area contributed by atoms with Crippen molar-refractivity contribution < 1.29 is 17.9 Å². The summed E-state index contributed by atoms with van der Waals surface area (Å²) < 4.78 is 38.8. The second-order valence-electron chi connectivity index (χ2n) is 8.41. The summed E-state index contributed by atoms with van der Waals surface area (Å²) in [6.07, 6.45) is 4.01. The van der Waals surface area contributed by atoms with Gasteiger partial charge in [-0.3, -0.25) is 4.79 Å². The molecule has 0 aliphatic heterocycles. The summed E-state index contributed by atoms with van der Waals surface area (Å²) in [6.45, 7) is 3.91. The molecule has 1 aliphatic rings. The number of hydrogen-bond acceptors (Lipinski definition) is 5. The first-order chi connectivity index (χ1) is 14.7. The molecule has 1 saturated carbocycles. The van der Waals surface area contributed by atoms with Crippen molar-refractivity contribution in [3.8, 4) is 22.6 Å². The molecule has 0 N–H and O–H groups in total. The van der Waals surface area contributed by atoms with Crippen LogP contribution in [-0.4, -0.2) is 32.0 Å². The van der Waals surface area contributed by atoms with Crippen LogP contribution in [0.2, 0.25) is 0 Å². The smallest absolute Gasteiger partial charge is 0.258 e. The van der Waals surface area contributed by atoms with Gasteiger partial charge >= 0.3 is 0 Å². The third-order valence-corrected chi connectivity index (χ3v) is 7.85. The normalized spacial score (nSPS) is 14.2. The van der Waals surface area contributed by atoms with E-state index in [2.05, 4.69) is 0 Å². The highest BCUT2D eigenvalue weighted by Crippen LogP contribution is 2.36. The van der Waals surface area contributed by atoms with E-state index in [1.54, 1.807) is 64.5 Å². The molecule has 0 unspecified atom stereocenters. The lowest BCUT2D eigenvalue weighted by Crippen LogP contribution is -2.17. The quantitative estimate of drug-likeness (QED) is 0.550. The van der Waals surface area contributed by atoms with E-state index in [4.69, 9.17) is 9.47 Å². The lowest BCUT2D eigenvalue weighted by Gasteiger charge is -2.16. The molecule has 1 fully saturated rings. The van der Waals surface area contributed by atoms with Crippen molar-refractivity contribution in [2.75, 3.05) is 13.7 Å². The van der Waals surface area contributed by atoms with Crippen molar-refractivity contribution in [1.82, 2.24) is 4.57 Å². The molecule has 0 spiro atoms. The molecular formula is C24H27NO5S. The van der Waals surface area contributed by atoms with Crippen LogP contribution < -0.4 is 15.0 Å². The molecule has 2 aromatic carbocycles. The third-order valence-electron chi connectivity index (χ3n) is 5.71. The highest BCUT2D eigenvalue weighted by atomic mass is 32.2. The van der Waals surface area contributed by atoms with Crippen LogP contribution in [0.3, 0.4) is 0 Å². The number of nitrogens with zero attached hydrogens (tertiary/aromatic N) is 1. The predicted octanol–water partition coefficient (Wildman–Crippen LogP) is 4.19. The summed E-state index contributed by atoms with van der Waals surface area (Å²) in [6, 6.07) is 10.4. The maximum Gasteiger partial charge on any atom is 0.258 e. The number of aromatic nitrogens is 1. The molecule has 0 bridgehead atoms. The van der Waals surface area contributed by atoms with Gasteiger partial charge in [-0.25, -0.2) is 8.42 Å². The number of hydrogen-bond donors (Lipinski definition) is 0. The lowest BCUT2D eigenvalue weighted by atomic mass is 10.00. The molecule has 1 heterocycles. The highest BCUT2D eigenvalue weighted by Gasteiger charge is 2.24. The lowest BCUT2D eigenvalue weighted by molar-refractivity contribution is 0.299. The van der Waals surface area contributed by atoms with Gasteiger partial charge in [0.25, 0.3) is 5.56 Å². The minimum atomic E-state index is -3.51. The summed E-state index contributed by atoms with van der Waals surface area (Å²) in [5, 5.41) is 0.684. The molecular weight excluding hydrogens is 414 g/mol. The number of rotatable bonds is 7. The van der Waals surface area contributed by atoms with E-state index in [0.29, 0.717) is 40.4 Å². The Kier molecular flexibility index (Phi) is 5.56. The van der Waals surface area contributed by atoms with E-state index in [1.165, 1.54) is 4.57 Å². The Morgan fingerprint density at radius 2 is 1.81 bits per heavy atom. The predicted molar refractivity (Wildman–Crippen MR) is 122 cm³/mol. The van der Waals surface area contributed by atoms with Gasteiger partial charge in [0.2, 0.25) is 0 Å². The second-order valence-corrected chi connectivity index (χ2v) is 10.9. The molecule has 7 heteroatoms. The van der Waals surface area contributed by atoms with Crippen molar-refractivity contribution >= 4 is 20.6 Å². The van der Waals surface area contributed by atoms with Gasteiger partial charge in [-0.2, -0.15) is 0 Å². The number of ether oxygens (including phenoxy) is 2. The molecule has 0 radical (unpaired) electrons. The zero-order valence-electron chi connectivity index (χ0n) is 18.2. The van der Waals surface area contributed by atoms with Crippen LogP contribution in [0, 0.1) is 5.92 Å². The second kappa shape index (κ2) is 8.04. The van der Waals surface area contributed by atoms with Crippen LogP contribution in [0.4, 0.5) is 0 Å². The Hall–Kier alpha value is -2.80. The summed E-state index contributed by atoms with van der Waals surface area (Å²) in [7, 11) is -0.250. The average Bonchev–Trinajstić information content (AvgIpc) is 3.58. The number of benzene rings is 2. The Morgan fingerprint density at radius 1 is 1.06 bits per heavy atom. The SMILES string of the molecule is COc1ccc2c(=O)n(C)cc(-c3cc(OCC4CC4)cc(S(=O)(=O)C(C)C)c3)c2c1. The zero-order valence-corrected chi connectivity index (χ0v) is 19.0. The van der Waals surface area contributed by atoms with Gasteiger partial charge < -0.3 is 14.0 Å². The zero-order chi connectivity index (χ0) is 22.3. The van der Waals surface area contributed by atoms with Gasteiger partial charge in [0.1, 0.15) is 11.5 Å². The van der Waals surface area contributed by atoms with Crippen LogP contribution in [0.15, 0.2) is 52.3 Å². The first kappa shape index (κ1) is 21.4. The fourth-order valence-corrected chi connectivity index (χ4v) is 4.66.